The molecule has 0 radical (unpaired) electrons. The Balaban J connectivity index is 2.24. The fourth-order valence-electron chi connectivity index (χ4n) is 3.16. The molecule has 1 aliphatic rings. The molecule has 0 bridgehead atoms. The molecule has 1 saturated carbocycles. The number of pyridine rings is 1. The highest BCUT2D eigenvalue weighted by molar-refractivity contribution is 7.89. The van der Waals surface area contributed by atoms with E-state index in [-0.39, 0.29) is 10.9 Å². The summed E-state index contributed by atoms with van der Waals surface area (Å²) in [5.74, 6) is 1.28. The Morgan fingerprint density at radius 3 is 2.67 bits per heavy atom. The molecule has 2 N–H and O–H groups in total. The van der Waals surface area contributed by atoms with E-state index in [1.54, 1.807) is 25.4 Å². The van der Waals surface area contributed by atoms with Gasteiger partial charge < -0.3 is 5.32 Å². The Labute approximate surface area is 127 Å². The van der Waals surface area contributed by atoms with E-state index in [9.17, 15) is 8.42 Å². The molecule has 1 aliphatic carbocycles. The summed E-state index contributed by atoms with van der Waals surface area (Å²) in [6.45, 7) is 4.33. The zero-order valence-electron chi connectivity index (χ0n) is 13.0. The van der Waals surface area contributed by atoms with E-state index >= 15 is 0 Å². The molecule has 118 valence electrons. The largest absolute Gasteiger partial charge is 0.372 e. The molecule has 1 heterocycles. The Morgan fingerprint density at radius 2 is 2.00 bits per heavy atom. The van der Waals surface area contributed by atoms with Gasteiger partial charge in [0.2, 0.25) is 10.0 Å². The molecular weight excluding hydrogens is 286 g/mol. The third kappa shape index (κ3) is 3.74. The van der Waals surface area contributed by atoms with Gasteiger partial charge in [-0.1, -0.05) is 26.7 Å². The lowest BCUT2D eigenvalue weighted by Gasteiger charge is -2.34. The average Bonchev–Trinajstić information content (AvgIpc) is 2.47. The summed E-state index contributed by atoms with van der Waals surface area (Å²) in [4.78, 5) is 4.30. The molecule has 0 spiro atoms. The van der Waals surface area contributed by atoms with Gasteiger partial charge in [0.15, 0.2) is 0 Å². The van der Waals surface area contributed by atoms with Gasteiger partial charge in [0, 0.05) is 19.3 Å². The Kier molecular flexibility index (Phi) is 5.22. The number of nitrogens with one attached hydrogen (secondary N) is 2. The van der Waals surface area contributed by atoms with Gasteiger partial charge in [-0.15, -0.1) is 0 Å². The maximum Gasteiger partial charge on any atom is 0.244 e. The fraction of sp³-hybridized carbons (Fsp3) is 0.667. The summed E-state index contributed by atoms with van der Waals surface area (Å²) >= 11 is 0. The molecule has 5 nitrogen and oxygen atoms in total. The lowest BCUT2D eigenvalue weighted by atomic mass is 9.78. The van der Waals surface area contributed by atoms with Crippen molar-refractivity contribution in [2.45, 2.75) is 50.5 Å². The van der Waals surface area contributed by atoms with Crippen molar-refractivity contribution in [1.82, 2.24) is 9.71 Å². The van der Waals surface area contributed by atoms with Crippen LogP contribution < -0.4 is 10.0 Å². The maximum atomic E-state index is 12.7. The third-order valence-electron chi connectivity index (χ3n) is 4.28. The standard InChI is InChI=1S/C15H25N3O2S/c1-11(2)12-7-4-5-8-13(12)18-21(19,20)14-9-6-10-17-15(14)16-3/h6,9-13,18H,4-5,7-8H2,1-3H3,(H,16,17). The quantitative estimate of drug-likeness (QED) is 0.877. The first-order chi connectivity index (χ1) is 9.95. The fourth-order valence-corrected chi connectivity index (χ4v) is 4.65. The second kappa shape index (κ2) is 6.75. The molecule has 21 heavy (non-hydrogen) atoms. The number of rotatable bonds is 5. The highest BCUT2D eigenvalue weighted by Crippen LogP contribution is 2.31. The van der Waals surface area contributed by atoms with Gasteiger partial charge in [-0.3, -0.25) is 0 Å². The zero-order chi connectivity index (χ0) is 15.5. The number of hydrogen-bond donors (Lipinski definition) is 2. The highest BCUT2D eigenvalue weighted by Gasteiger charge is 2.32. The van der Waals surface area contributed by atoms with Crippen LogP contribution in [-0.4, -0.2) is 26.5 Å². The average molecular weight is 311 g/mol. The van der Waals surface area contributed by atoms with Gasteiger partial charge in [0.25, 0.3) is 0 Å². The van der Waals surface area contributed by atoms with Crippen molar-refractivity contribution in [3.63, 3.8) is 0 Å². The lowest BCUT2D eigenvalue weighted by Crippen LogP contribution is -2.44. The highest BCUT2D eigenvalue weighted by atomic mass is 32.2. The molecule has 2 atom stereocenters. The molecule has 0 amide bonds. The van der Waals surface area contributed by atoms with Crippen molar-refractivity contribution in [3.05, 3.63) is 18.3 Å². The van der Waals surface area contributed by atoms with Gasteiger partial charge in [0.05, 0.1) is 0 Å². The predicted molar refractivity (Wildman–Crippen MR) is 84.7 cm³/mol. The zero-order valence-corrected chi connectivity index (χ0v) is 13.8. The molecule has 2 rings (SSSR count). The summed E-state index contributed by atoms with van der Waals surface area (Å²) < 4.78 is 28.2. The van der Waals surface area contributed by atoms with E-state index in [4.69, 9.17) is 0 Å². The molecule has 0 aromatic carbocycles. The van der Waals surface area contributed by atoms with Gasteiger partial charge in [-0.25, -0.2) is 18.1 Å². The number of nitrogens with zero attached hydrogens (tertiary/aromatic N) is 1. The maximum absolute atomic E-state index is 12.7. The van der Waals surface area contributed by atoms with Crippen molar-refractivity contribution in [3.8, 4) is 0 Å². The van der Waals surface area contributed by atoms with Crippen LogP contribution in [0.3, 0.4) is 0 Å². The number of sulfonamides is 1. The first-order valence-electron chi connectivity index (χ1n) is 7.61. The first kappa shape index (κ1) is 16.2. The molecule has 0 aliphatic heterocycles. The summed E-state index contributed by atoms with van der Waals surface area (Å²) in [7, 11) is -1.86. The van der Waals surface area contributed by atoms with Crippen LogP contribution in [0.4, 0.5) is 5.82 Å². The Morgan fingerprint density at radius 1 is 1.29 bits per heavy atom. The van der Waals surface area contributed by atoms with Gasteiger partial charge >= 0.3 is 0 Å². The monoisotopic (exact) mass is 311 g/mol. The van der Waals surface area contributed by atoms with E-state index < -0.39 is 10.0 Å². The summed E-state index contributed by atoms with van der Waals surface area (Å²) in [5.41, 5.74) is 0. The first-order valence-corrected chi connectivity index (χ1v) is 9.09. The van der Waals surface area contributed by atoms with E-state index in [1.807, 2.05) is 0 Å². The minimum absolute atomic E-state index is 0.0219. The molecule has 1 fully saturated rings. The number of aromatic nitrogens is 1. The Hall–Kier alpha value is -1.14. The minimum atomic E-state index is -3.54. The number of anilines is 1. The van der Waals surface area contributed by atoms with E-state index in [0.29, 0.717) is 17.7 Å². The van der Waals surface area contributed by atoms with Crippen LogP contribution in [0.2, 0.25) is 0 Å². The van der Waals surface area contributed by atoms with Crippen LogP contribution in [0, 0.1) is 11.8 Å². The molecule has 1 aromatic rings. The van der Waals surface area contributed by atoms with Crippen molar-refractivity contribution in [1.29, 1.82) is 0 Å². The van der Waals surface area contributed by atoms with Crippen LogP contribution >= 0.6 is 0 Å². The van der Waals surface area contributed by atoms with E-state index in [1.165, 1.54) is 6.42 Å². The predicted octanol–water partition coefficient (Wildman–Crippen LogP) is 2.62. The molecule has 2 unspecified atom stereocenters. The SMILES string of the molecule is CNc1ncccc1S(=O)(=O)NC1CCCCC1C(C)C. The van der Waals surface area contributed by atoms with Crippen LogP contribution in [0.5, 0.6) is 0 Å². The van der Waals surface area contributed by atoms with Crippen LogP contribution in [0.15, 0.2) is 23.2 Å². The summed E-state index contributed by atoms with van der Waals surface area (Å²) in [6.07, 6.45) is 5.87. The van der Waals surface area contributed by atoms with Crippen molar-refractivity contribution < 1.29 is 8.42 Å². The topological polar surface area (TPSA) is 71.1 Å². The molecule has 6 heteroatoms. The van der Waals surface area contributed by atoms with E-state index in [2.05, 4.69) is 28.9 Å². The summed E-state index contributed by atoms with van der Waals surface area (Å²) in [6, 6.07) is 3.26. The minimum Gasteiger partial charge on any atom is -0.372 e. The van der Waals surface area contributed by atoms with Gasteiger partial charge in [-0.2, -0.15) is 0 Å². The second-order valence-corrected chi connectivity index (χ2v) is 7.70. The number of hydrogen-bond acceptors (Lipinski definition) is 4. The molecule has 0 saturated heterocycles. The van der Waals surface area contributed by atoms with Gasteiger partial charge in [0.1, 0.15) is 10.7 Å². The van der Waals surface area contributed by atoms with Crippen LogP contribution in [0.1, 0.15) is 39.5 Å². The Bertz CT molecular complexity index is 572. The summed E-state index contributed by atoms with van der Waals surface area (Å²) in [5, 5.41) is 2.84. The second-order valence-electron chi connectivity index (χ2n) is 6.02. The van der Waals surface area contributed by atoms with Crippen LogP contribution in [-0.2, 0) is 10.0 Å². The normalized spacial score (nSPS) is 23.2. The third-order valence-corrected chi connectivity index (χ3v) is 5.80. The van der Waals surface area contributed by atoms with E-state index in [0.717, 1.165) is 19.3 Å². The smallest absolute Gasteiger partial charge is 0.244 e. The van der Waals surface area contributed by atoms with Crippen molar-refractivity contribution in [2.75, 3.05) is 12.4 Å². The molecule has 1 aromatic heterocycles. The van der Waals surface area contributed by atoms with Crippen molar-refractivity contribution in [2.24, 2.45) is 11.8 Å². The van der Waals surface area contributed by atoms with Crippen molar-refractivity contribution >= 4 is 15.8 Å². The lowest BCUT2D eigenvalue weighted by molar-refractivity contribution is 0.226. The van der Waals surface area contributed by atoms with Gasteiger partial charge in [-0.05, 0) is 36.8 Å². The molecular formula is C15H25N3O2S. The van der Waals surface area contributed by atoms with Crippen LogP contribution in [0.25, 0.3) is 0 Å².